The third-order valence-electron chi connectivity index (χ3n) is 14.6. The van der Waals surface area contributed by atoms with E-state index in [0.29, 0.717) is 23.4 Å². The van der Waals surface area contributed by atoms with E-state index in [1.165, 1.54) is 89.9 Å². The summed E-state index contributed by atoms with van der Waals surface area (Å²) in [6, 6.07) is 7.22. The summed E-state index contributed by atoms with van der Waals surface area (Å²) in [6.45, 7) is 28.4. The Kier molecular flexibility index (Phi) is 12.7. The van der Waals surface area contributed by atoms with Crippen molar-refractivity contribution in [3.8, 4) is 5.75 Å². The summed E-state index contributed by atoms with van der Waals surface area (Å²) in [6.07, 6.45) is 19.7. The normalized spacial score (nSPS) is 30.8. The van der Waals surface area contributed by atoms with Gasteiger partial charge in [0, 0.05) is 13.2 Å². The standard InChI is InChI=1S/C43H76O4Si2/c1-41(2,3)48(8,9)46-34-23-25-35-32(30-34)22-24-37-36(35)26-27-43(7)38(37)31-33(40(43)47-49(10,11)42(4,5)6)20-16-14-12-13-15-18-28-44-39-21-17-19-29-45-39/h23,25,30,33,36-40H,12-22,24,26-29,31H2,1-11H3/t33-,36-,37-,38+,39?,40+,43+/m1/s1. The van der Waals surface area contributed by atoms with E-state index in [1.54, 1.807) is 11.1 Å². The number of rotatable bonds is 14. The number of benzene rings is 1. The second kappa shape index (κ2) is 15.7. The van der Waals surface area contributed by atoms with Gasteiger partial charge in [-0.25, -0.2) is 0 Å². The zero-order valence-corrected chi connectivity index (χ0v) is 35.8. The summed E-state index contributed by atoms with van der Waals surface area (Å²) in [5.41, 5.74) is 3.51. The van der Waals surface area contributed by atoms with Crippen molar-refractivity contribution in [2.24, 2.45) is 23.2 Å². The van der Waals surface area contributed by atoms with Crippen molar-refractivity contribution in [2.75, 3.05) is 13.2 Å². The summed E-state index contributed by atoms with van der Waals surface area (Å²) in [5, 5.41) is 0.452. The molecule has 0 radical (unpaired) electrons. The molecule has 1 aliphatic heterocycles. The number of hydrogen-bond donors (Lipinski definition) is 0. The predicted molar refractivity (Wildman–Crippen MR) is 212 cm³/mol. The van der Waals surface area contributed by atoms with Crippen LogP contribution in [0.1, 0.15) is 155 Å². The third-order valence-corrected chi connectivity index (χ3v) is 23.4. The summed E-state index contributed by atoms with van der Waals surface area (Å²) in [7, 11) is -3.75. The van der Waals surface area contributed by atoms with Gasteiger partial charge >= 0.3 is 0 Å². The molecule has 4 nitrogen and oxygen atoms in total. The molecule has 0 spiro atoms. The van der Waals surface area contributed by atoms with Crippen molar-refractivity contribution in [1.82, 2.24) is 0 Å². The highest BCUT2D eigenvalue weighted by molar-refractivity contribution is 6.75. The molecule has 0 bridgehead atoms. The molecule has 1 heterocycles. The first kappa shape index (κ1) is 39.5. The van der Waals surface area contributed by atoms with Gasteiger partial charge in [-0.1, -0.05) is 86.6 Å². The van der Waals surface area contributed by atoms with Crippen LogP contribution in [0.3, 0.4) is 0 Å². The van der Waals surface area contributed by atoms with Crippen LogP contribution >= 0.6 is 0 Å². The second-order valence-electron chi connectivity index (χ2n) is 20.1. The minimum atomic E-state index is -1.89. The van der Waals surface area contributed by atoms with Crippen LogP contribution in [0.25, 0.3) is 0 Å². The van der Waals surface area contributed by atoms with Crippen LogP contribution in [0.4, 0.5) is 0 Å². The molecule has 0 N–H and O–H groups in total. The van der Waals surface area contributed by atoms with Gasteiger partial charge in [0.25, 0.3) is 0 Å². The topological polar surface area (TPSA) is 36.9 Å². The highest BCUT2D eigenvalue weighted by Gasteiger charge is 2.60. The van der Waals surface area contributed by atoms with Crippen LogP contribution in [0.15, 0.2) is 18.2 Å². The highest BCUT2D eigenvalue weighted by atomic mass is 28.4. The molecule has 49 heavy (non-hydrogen) atoms. The maximum atomic E-state index is 7.56. The molecule has 3 aliphatic carbocycles. The van der Waals surface area contributed by atoms with E-state index in [2.05, 4.69) is 92.9 Å². The van der Waals surface area contributed by atoms with Gasteiger partial charge in [-0.3, -0.25) is 0 Å². The van der Waals surface area contributed by atoms with Crippen molar-refractivity contribution >= 4 is 16.6 Å². The molecule has 2 saturated carbocycles. The van der Waals surface area contributed by atoms with E-state index < -0.39 is 16.6 Å². The van der Waals surface area contributed by atoms with Crippen molar-refractivity contribution in [2.45, 2.75) is 199 Å². The number of unbranched alkanes of at least 4 members (excludes halogenated alkanes) is 5. The Morgan fingerprint density at radius 1 is 0.837 bits per heavy atom. The molecule has 1 aromatic carbocycles. The second-order valence-corrected chi connectivity index (χ2v) is 29.5. The fraction of sp³-hybridized carbons (Fsp3) is 0.860. The molecular formula is C43H76O4Si2. The van der Waals surface area contributed by atoms with Gasteiger partial charge in [-0.05, 0) is 153 Å². The lowest BCUT2D eigenvalue weighted by Gasteiger charge is -2.52. The molecule has 3 fully saturated rings. The fourth-order valence-electron chi connectivity index (χ4n) is 9.47. The SMILES string of the molecule is CC(C)(C)[Si](C)(C)Oc1ccc2c(c1)CC[C@@H]1[C@@H]2CC[C@@]2(C)[C@H]1C[C@@H](CCCCCCCCOC1CCCCO1)[C@@H]2O[Si](C)(C)C(C)(C)C. The Bertz CT molecular complexity index is 1210. The summed E-state index contributed by atoms with van der Waals surface area (Å²) in [4.78, 5) is 0. The Morgan fingerprint density at radius 2 is 1.53 bits per heavy atom. The third kappa shape index (κ3) is 9.11. The Balaban J connectivity index is 1.21. The Hall–Kier alpha value is -0.666. The molecule has 1 unspecified atom stereocenters. The van der Waals surface area contributed by atoms with Gasteiger partial charge in [-0.15, -0.1) is 0 Å². The van der Waals surface area contributed by atoms with Gasteiger partial charge in [0.2, 0.25) is 8.32 Å². The molecule has 4 aliphatic rings. The first-order valence-electron chi connectivity index (χ1n) is 20.7. The smallest absolute Gasteiger partial charge is 0.250 e. The summed E-state index contributed by atoms with van der Waals surface area (Å²) in [5.74, 6) is 4.07. The quantitative estimate of drug-likeness (QED) is 0.142. The number of hydrogen-bond acceptors (Lipinski definition) is 4. The van der Waals surface area contributed by atoms with Crippen molar-refractivity contribution in [3.63, 3.8) is 0 Å². The molecular weight excluding hydrogens is 637 g/mol. The first-order chi connectivity index (χ1) is 22.9. The van der Waals surface area contributed by atoms with Crippen LogP contribution in [0, 0.1) is 23.2 Å². The highest BCUT2D eigenvalue weighted by Crippen LogP contribution is 2.64. The Morgan fingerprint density at radius 3 is 2.20 bits per heavy atom. The van der Waals surface area contributed by atoms with Crippen molar-refractivity contribution in [3.05, 3.63) is 29.3 Å². The van der Waals surface area contributed by atoms with E-state index in [9.17, 15) is 0 Å². The summed E-state index contributed by atoms with van der Waals surface area (Å²) >= 11 is 0. The average Bonchev–Trinajstić information content (AvgIpc) is 3.29. The number of ether oxygens (including phenoxy) is 2. The molecule has 1 saturated heterocycles. The minimum absolute atomic E-state index is 0.0608. The lowest BCUT2D eigenvalue weighted by Crippen LogP contribution is -2.51. The van der Waals surface area contributed by atoms with Gasteiger partial charge in [0.1, 0.15) is 5.75 Å². The molecule has 0 amide bonds. The van der Waals surface area contributed by atoms with Crippen molar-refractivity contribution < 1.29 is 18.3 Å². The van der Waals surface area contributed by atoms with E-state index in [-0.39, 0.29) is 16.4 Å². The van der Waals surface area contributed by atoms with Crippen LogP contribution in [-0.2, 0) is 20.3 Å². The minimum Gasteiger partial charge on any atom is -0.543 e. The van der Waals surface area contributed by atoms with Gasteiger partial charge in [0.15, 0.2) is 14.6 Å². The van der Waals surface area contributed by atoms with E-state index in [1.807, 2.05) is 0 Å². The van der Waals surface area contributed by atoms with E-state index >= 15 is 0 Å². The van der Waals surface area contributed by atoms with E-state index in [4.69, 9.17) is 18.3 Å². The first-order valence-corrected chi connectivity index (χ1v) is 26.5. The van der Waals surface area contributed by atoms with Crippen LogP contribution in [-0.4, -0.2) is 42.2 Å². The molecule has 6 heteroatoms. The zero-order chi connectivity index (χ0) is 35.7. The molecule has 1 aromatic rings. The van der Waals surface area contributed by atoms with Crippen LogP contribution < -0.4 is 4.43 Å². The van der Waals surface area contributed by atoms with Gasteiger partial charge < -0.3 is 18.3 Å². The molecule has 5 rings (SSSR count). The molecule has 280 valence electrons. The fourth-order valence-corrected chi connectivity index (χ4v) is 11.9. The average molecular weight is 713 g/mol. The predicted octanol–water partition coefficient (Wildman–Crippen LogP) is 12.8. The number of aryl methyl sites for hydroxylation is 1. The molecule has 0 aromatic heterocycles. The maximum Gasteiger partial charge on any atom is 0.250 e. The van der Waals surface area contributed by atoms with Gasteiger partial charge in [-0.2, -0.15) is 0 Å². The monoisotopic (exact) mass is 713 g/mol. The largest absolute Gasteiger partial charge is 0.543 e. The van der Waals surface area contributed by atoms with Crippen molar-refractivity contribution in [1.29, 1.82) is 0 Å². The number of fused-ring (bicyclic) bond motifs is 5. The Labute approximate surface area is 304 Å². The maximum absolute atomic E-state index is 7.56. The van der Waals surface area contributed by atoms with E-state index in [0.717, 1.165) is 37.2 Å². The molecule has 7 atom stereocenters. The van der Waals surface area contributed by atoms with Crippen LogP contribution in [0.2, 0.25) is 36.3 Å². The van der Waals surface area contributed by atoms with Crippen LogP contribution in [0.5, 0.6) is 5.75 Å². The lowest BCUT2D eigenvalue weighted by molar-refractivity contribution is -0.162. The lowest BCUT2D eigenvalue weighted by atomic mass is 9.55. The van der Waals surface area contributed by atoms with Gasteiger partial charge in [0.05, 0.1) is 6.10 Å². The zero-order valence-electron chi connectivity index (χ0n) is 33.8. The summed E-state index contributed by atoms with van der Waals surface area (Å²) < 4.78 is 26.0.